The minimum Gasteiger partial charge on any atom is -0.261 e. The van der Waals surface area contributed by atoms with Crippen LogP contribution in [0, 0.1) is 5.92 Å². The van der Waals surface area contributed by atoms with Crippen LogP contribution in [0.3, 0.4) is 0 Å². The number of hydrogen-bond donors (Lipinski definition) is 0. The molecule has 0 N–H and O–H groups in total. The molecule has 0 bridgehead atoms. The van der Waals surface area contributed by atoms with Crippen molar-refractivity contribution in [2.75, 3.05) is 0 Å². The Morgan fingerprint density at radius 1 is 1.82 bits per heavy atom. The van der Waals surface area contributed by atoms with E-state index in [-0.39, 0.29) is 0 Å². The van der Waals surface area contributed by atoms with Crippen LogP contribution in [-0.2, 0) is 0 Å². The van der Waals surface area contributed by atoms with E-state index < -0.39 is 0 Å². The lowest BCUT2D eigenvalue weighted by molar-refractivity contribution is 0.845. The minimum absolute atomic E-state index is 0.444. The van der Waals surface area contributed by atoms with Gasteiger partial charge in [0.05, 0.1) is 0 Å². The summed E-state index contributed by atoms with van der Waals surface area (Å²) in [5, 5.41) is 0. The maximum Gasteiger partial charge on any atom is 0.0435 e. The summed E-state index contributed by atoms with van der Waals surface area (Å²) in [4.78, 5) is 4.22. The van der Waals surface area contributed by atoms with Gasteiger partial charge >= 0.3 is 0 Å². The molecule has 1 rings (SSSR count). The maximum absolute atomic E-state index is 4.22. The molecule has 0 spiro atoms. The Hall–Kier alpha value is -1.11. The highest BCUT2D eigenvalue weighted by Crippen LogP contribution is 2.16. The molecule has 1 aliphatic heterocycles. The van der Waals surface area contributed by atoms with Crippen LogP contribution in [0.1, 0.15) is 13.3 Å². The van der Waals surface area contributed by atoms with E-state index in [1.165, 1.54) is 0 Å². The third kappa shape index (κ3) is 1.90. The lowest BCUT2D eigenvalue weighted by Crippen LogP contribution is -2.08. The van der Waals surface area contributed by atoms with E-state index >= 15 is 0 Å². The average molecular weight is 147 g/mol. The quantitative estimate of drug-likeness (QED) is 0.532. The molecule has 11 heavy (non-hydrogen) atoms. The standard InChI is InChI=1S/C10H13N/c1-4-9-5-6-11-10(7-9)8(2)3/h4-6,9H,1-2,7H2,3H3. The molecule has 0 aromatic rings. The van der Waals surface area contributed by atoms with Crippen molar-refractivity contribution in [3.05, 3.63) is 37.1 Å². The fourth-order valence-electron chi connectivity index (χ4n) is 1.03. The van der Waals surface area contributed by atoms with E-state index in [4.69, 9.17) is 0 Å². The van der Waals surface area contributed by atoms with E-state index in [2.05, 4.69) is 24.2 Å². The van der Waals surface area contributed by atoms with Gasteiger partial charge in [0.15, 0.2) is 0 Å². The highest BCUT2D eigenvalue weighted by molar-refractivity contribution is 6.00. The van der Waals surface area contributed by atoms with Crippen LogP contribution >= 0.6 is 0 Å². The highest BCUT2D eigenvalue weighted by Gasteiger charge is 2.09. The largest absolute Gasteiger partial charge is 0.261 e. The zero-order valence-corrected chi connectivity index (χ0v) is 6.88. The Morgan fingerprint density at radius 3 is 3.09 bits per heavy atom. The number of rotatable bonds is 2. The lowest BCUT2D eigenvalue weighted by Gasteiger charge is -2.13. The Balaban J connectivity index is 2.72. The summed E-state index contributed by atoms with van der Waals surface area (Å²) in [5.41, 5.74) is 2.15. The number of nitrogens with zero attached hydrogens (tertiary/aromatic N) is 1. The molecular weight excluding hydrogens is 134 g/mol. The molecule has 1 atom stereocenters. The highest BCUT2D eigenvalue weighted by atomic mass is 14.7. The molecule has 1 nitrogen and oxygen atoms in total. The van der Waals surface area contributed by atoms with Crippen molar-refractivity contribution in [1.82, 2.24) is 0 Å². The summed E-state index contributed by atoms with van der Waals surface area (Å²) >= 11 is 0. The van der Waals surface area contributed by atoms with Crippen molar-refractivity contribution in [3.8, 4) is 0 Å². The van der Waals surface area contributed by atoms with Gasteiger partial charge in [-0.2, -0.15) is 0 Å². The van der Waals surface area contributed by atoms with Crippen molar-refractivity contribution in [2.24, 2.45) is 10.9 Å². The molecule has 0 saturated carbocycles. The summed E-state index contributed by atoms with van der Waals surface area (Å²) in [7, 11) is 0. The second kappa shape index (κ2) is 3.33. The smallest absolute Gasteiger partial charge is 0.0435 e. The van der Waals surface area contributed by atoms with Crippen molar-refractivity contribution < 1.29 is 0 Å². The van der Waals surface area contributed by atoms with Crippen LogP contribution in [0.5, 0.6) is 0 Å². The zero-order chi connectivity index (χ0) is 8.27. The molecular formula is C10H13N. The second-order valence-electron chi connectivity index (χ2n) is 2.80. The van der Waals surface area contributed by atoms with Gasteiger partial charge in [-0.15, -0.1) is 6.58 Å². The van der Waals surface area contributed by atoms with E-state index in [0.29, 0.717) is 5.92 Å². The van der Waals surface area contributed by atoms with Gasteiger partial charge in [0, 0.05) is 17.8 Å². The van der Waals surface area contributed by atoms with E-state index in [1.54, 1.807) is 0 Å². The van der Waals surface area contributed by atoms with Gasteiger partial charge in [0.1, 0.15) is 0 Å². The van der Waals surface area contributed by atoms with E-state index in [0.717, 1.165) is 17.7 Å². The molecule has 0 aromatic heterocycles. The van der Waals surface area contributed by atoms with Gasteiger partial charge in [-0.1, -0.05) is 18.7 Å². The SMILES string of the molecule is C=CC1C=CN=C(C(=C)C)C1. The van der Waals surface area contributed by atoms with Gasteiger partial charge in [0.2, 0.25) is 0 Å². The second-order valence-corrected chi connectivity index (χ2v) is 2.80. The number of hydrogen-bond acceptors (Lipinski definition) is 1. The molecule has 1 unspecified atom stereocenters. The van der Waals surface area contributed by atoms with E-state index in [1.807, 2.05) is 19.2 Å². The van der Waals surface area contributed by atoms with Crippen LogP contribution in [0.2, 0.25) is 0 Å². The fourth-order valence-corrected chi connectivity index (χ4v) is 1.03. The molecule has 0 saturated heterocycles. The average Bonchev–Trinajstić information content (AvgIpc) is 2.05. The predicted octanol–water partition coefficient (Wildman–Crippen LogP) is 2.72. The first-order chi connectivity index (χ1) is 5.24. The number of aliphatic imine (C=N–C) groups is 1. The summed E-state index contributed by atoms with van der Waals surface area (Å²) in [6, 6.07) is 0. The molecule has 0 amide bonds. The normalized spacial score (nSPS) is 22.6. The minimum atomic E-state index is 0.444. The third-order valence-corrected chi connectivity index (χ3v) is 1.79. The first-order valence-corrected chi connectivity index (χ1v) is 3.76. The molecule has 1 aliphatic rings. The van der Waals surface area contributed by atoms with Gasteiger partial charge in [-0.3, -0.25) is 4.99 Å². The summed E-state index contributed by atoms with van der Waals surface area (Å²) in [6.07, 6.45) is 6.78. The van der Waals surface area contributed by atoms with Crippen molar-refractivity contribution >= 4 is 5.71 Å². The van der Waals surface area contributed by atoms with Crippen LogP contribution in [0.15, 0.2) is 42.1 Å². The summed E-state index contributed by atoms with van der Waals surface area (Å²) in [6.45, 7) is 9.58. The van der Waals surface area contributed by atoms with Crippen LogP contribution in [0.4, 0.5) is 0 Å². The molecule has 1 heterocycles. The van der Waals surface area contributed by atoms with Crippen LogP contribution < -0.4 is 0 Å². The maximum atomic E-state index is 4.22. The van der Waals surface area contributed by atoms with Gasteiger partial charge in [-0.25, -0.2) is 0 Å². The first-order valence-electron chi connectivity index (χ1n) is 3.76. The topological polar surface area (TPSA) is 12.4 Å². The van der Waals surface area contributed by atoms with Crippen molar-refractivity contribution in [1.29, 1.82) is 0 Å². The Bertz CT molecular complexity index is 233. The van der Waals surface area contributed by atoms with E-state index in [9.17, 15) is 0 Å². The lowest BCUT2D eigenvalue weighted by atomic mass is 9.97. The number of allylic oxidation sites excluding steroid dienone is 3. The zero-order valence-electron chi connectivity index (χ0n) is 6.88. The summed E-state index contributed by atoms with van der Waals surface area (Å²) < 4.78 is 0. The molecule has 58 valence electrons. The molecule has 0 radical (unpaired) electrons. The van der Waals surface area contributed by atoms with Gasteiger partial charge in [0.25, 0.3) is 0 Å². The van der Waals surface area contributed by atoms with Gasteiger partial charge in [-0.05, 0) is 18.9 Å². The molecule has 0 aliphatic carbocycles. The Labute approximate surface area is 67.8 Å². The first kappa shape index (κ1) is 7.99. The Morgan fingerprint density at radius 2 is 2.55 bits per heavy atom. The molecule has 0 fully saturated rings. The van der Waals surface area contributed by atoms with Crippen molar-refractivity contribution in [3.63, 3.8) is 0 Å². The monoisotopic (exact) mass is 147 g/mol. The van der Waals surface area contributed by atoms with Gasteiger partial charge < -0.3 is 0 Å². The van der Waals surface area contributed by atoms with Crippen LogP contribution in [0.25, 0.3) is 0 Å². The van der Waals surface area contributed by atoms with Crippen molar-refractivity contribution in [2.45, 2.75) is 13.3 Å². The predicted molar refractivity (Wildman–Crippen MR) is 49.7 cm³/mol. The summed E-state index contributed by atoms with van der Waals surface area (Å²) in [5.74, 6) is 0.444. The fraction of sp³-hybridized carbons (Fsp3) is 0.300. The molecule has 1 heteroatoms. The van der Waals surface area contributed by atoms with Crippen LogP contribution in [-0.4, -0.2) is 5.71 Å². The Kier molecular flexibility index (Phi) is 2.42. The third-order valence-electron chi connectivity index (χ3n) is 1.79. The molecule has 0 aromatic carbocycles.